The van der Waals surface area contributed by atoms with Crippen LogP contribution < -0.4 is 11.1 Å². The molecule has 17 heavy (non-hydrogen) atoms. The maximum Gasteiger partial charge on any atom is 0.188 e. The smallest absolute Gasteiger partial charge is 0.188 e. The predicted octanol–water partition coefficient (Wildman–Crippen LogP) is 2.14. The number of nitrogens with one attached hydrogen (secondary N) is 1. The minimum Gasteiger partial charge on any atom is -0.385 e. The summed E-state index contributed by atoms with van der Waals surface area (Å²) in [6, 6.07) is 0.403. The molecule has 0 rings (SSSR count). The van der Waals surface area contributed by atoms with Gasteiger partial charge in [0.05, 0.1) is 0 Å². The van der Waals surface area contributed by atoms with Crippen molar-refractivity contribution >= 4 is 5.96 Å². The van der Waals surface area contributed by atoms with E-state index in [1.165, 1.54) is 12.8 Å². The first-order chi connectivity index (χ1) is 8.06. The Kier molecular flexibility index (Phi) is 9.92. The van der Waals surface area contributed by atoms with E-state index in [0.29, 0.717) is 12.0 Å². The highest BCUT2D eigenvalue weighted by Crippen LogP contribution is 2.07. The molecule has 0 amide bonds. The molecule has 102 valence electrons. The minimum atomic E-state index is 0.403. The number of methoxy groups -OCH3 is 1. The van der Waals surface area contributed by atoms with Gasteiger partial charge < -0.3 is 15.8 Å². The van der Waals surface area contributed by atoms with Gasteiger partial charge in [0, 0.05) is 26.3 Å². The standard InChI is InChI=1S/C13H29N3O/c1-11(2)7-5-8-12(3)16-13(14)15-9-6-10-17-4/h11-12H,5-10H2,1-4H3,(H3,14,15,16). The summed E-state index contributed by atoms with van der Waals surface area (Å²) in [5.74, 6) is 1.33. The summed E-state index contributed by atoms with van der Waals surface area (Å²) in [6.45, 7) is 8.12. The Morgan fingerprint density at radius 1 is 1.24 bits per heavy atom. The van der Waals surface area contributed by atoms with Crippen molar-refractivity contribution in [3.05, 3.63) is 0 Å². The highest BCUT2D eigenvalue weighted by molar-refractivity contribution is 5.78. The van der Waals surface area contributed by atoms with Crippen LogP contribution in [-0.2, 0) is 4.74 Å². The summed E-state index contributed by atoms with van der Waals surface area (Å²) < 4.78 is 4.95. The maximum atomic E-state index is 5.79. The predicted molar refractivity (Wildman–Crippen MR) is 74.3 cm³/mol. The van der Waals surface area contributed by atoms with Crippen LogP contribution in [0.2, 0.25) is 0 Å². The van der Waals surface area contributed by atoms with Gasteiger partial charge in [-0.3, -0.25) is 4.99 Å². The van der Waals surface area contributed by atoms with Crippen molar-refractivity contribution in [2.45, 2.75) is 52.5 Å². The van der Waals surface area contributed by atoms with Crippen molar-refractivity contribution in [3.63, 3.8) is 0 Å². The quantitative estimate of drug-likeness (QED) is 0.370. The number of ether oxygens (including phenoxy) is 1. The summed E-state index contributed by atoms with van der Waals surface area (Å²) in [6.07, 6.45) is 4.58. The number of nitrogens with two attached hydrogens (primary N) is 1. The van der Waals surface area contributed by atoms with Gasteiger partial charge in [-0.25, -0.2) is 0 Å². The average Bonchev–Trinajstić information content (AvgIpc) is 2.23. The number of rotatable bonds is 9. The Hall–Kier alpha value is -0.770. The van der Waals surface area contributed by atoms with Gasteiger partial charge in [-0.1, -0.05) is 26.7 Å². The monoisotopic (exact) mass is 243 g/mol. The molecule has 1 atom stereocenters. The summed E-state index contributed by atoms with van der Waals surface area (Å²) in [4.78, 5) is 4.25. The van der Waals surface area contributed by atoms with Crippen molar-refractivity contribution in [1.29, 1.82) is 0 Å². The lowest BCUT2D eigenvalue weighted by Crippen LogP contribution is -2.38. The number of nitrogens with zero attached hydrogens (tertiary/aromatic N) is 1. The second-order valence-electron chi connectivity index (χ2n) is 4.98. The van der Waals surface area contributed by atoms with Crippen molar-refractivity contribution in [3.8, 4) is 0 Å². The van der Waals surface area contributed by atoms with Crippen LogP contribution in [0.15, 0.2) is 4.99 Å². The summed E-state index contributed by atoms with van der Waals surface area (Å²) in [5, 5.41) is 3.22. The van der Waals surface area contributed by atoms with Gasteiger partial charge in [0.1, 0.15) is 0 Å². The molecular formula is C13H29N3O. The molecule has 0 spiro atoms. The van der Waals surface area contributed by atoms with Crippen molar-refractivity contribution in [1.82, 2.24) is 5.32 Å². The Bertz CT molecular complexity index is 205. The largest absolute Gasteiger partial charge is 0.385 e. The zero-order chi connectivity index (χ0) is 13.1. The Labute approximate surface area is 106 Å². The van der Waals surface area contributed by atoms with Crippen LogP contribution in [0.5, 0.6) is 0 Å². The van der Waals surface area contributed by atoms with E-state index in [1.807, 2.05) is 0 Å². The fraction of sp³-hybridized carbons (Fsp3) is 0.923. The normalized spacial score (nSPS) is 14.1. The SMILES string of the molecule is COCCCN=C(N)NC(C)CCCC(C)C. The van der Waals surface area contributed by atoms with Crippen molar-refractivity contribution < 1.29 is 4.74 Å². The first kappa shape index (κ1) is 16.2. The van der Waals surface area contributed by atoms with Gasteiger partial charge in [0.25, 0.3) is 0 Å². The van der Waals surface area contributed by atoms with E-state index in [9.17, 15) is 0 Å². The highest BCUT2D eigenvalue weighted by Gasteiger charge is 2.03. The van der Waals surface area contributed by atoms with Gasteiger partial charge in [-0.15, -0.1) is 0 Å². The maximum absolute atomic E-state index is 5.79. The fourth-order valence-corrected chi connectivity index (χ4v) is 1.61. The first-order valence-electron chi connectivity index (χ1n) is 6.61. The van der Waals surface area contributed by atoms with Crippen molar-refractivity contribution in [2.75, 3.05) is 20.3 Å². The zero-order valence-electron chi connectivity index (χ0n) is 11.8. The topological polar surface area (TPSA) is 59.6 Å². The number of hydrogen-bond acceptors (Lipinski definition) is 2. The Morgan fingerprint density at radius 2 is 1.94 bits per heavy atom. The highest BCUT2D eigenvalue weighted by atomic mass is 16.5. The lowest BCUT2D eigenvalue weighted by atomic mass is 10.0. The van der Waals surface area contributed by atoms with E-state index in [2.05, 4.69) is 31.1 Å². The molecule has 0 saturated heterocycles. The van der Waals surface area contributed by atoms with Crippen LogP contribution in [-0.4, -0.2) is 32.3 Å². The third-order valence-corrected chi connectivity index (χ3v) is 2.60. The van der Waals surface area contributed by atoms with Gasteiger partial charge >= 0.3 is 0 Å². The van der Waals surface area contributed by atoms with E-state index >= 15 is 0 Å². The van der Waals surface area contributed by atoms with E-state index in [-0.39, 0.29) is 0 Å². The fourth-order valence-electron chi connectivity index (χ4n) is 1.61. The third-order valence-electron chi connectivity index (χ3n) is 2.60. The first-order valence-corrected chi connectivity index (χ1v) is 6.61. The molecule has 4 heteroatoms. The van der Waals surface area contributed by atoms with Crippen molar-refractivity contribution in [2.24, 2.45) is 16.6 Å². The second kappa shape index (κ2) is 10.4. The number of hydrogen-bond donors (Lipinski definition) is 2. The molecule has 1 unspecified atom stereocenters. The molecule has 0 fully saturated rings. The van der Waals surface area contributed by atoms with Gasteiger partial charge in [-0.2, -0.15) is 0 Å². The summed E-state index contributed by atoms with van der Waals surface area (Å²) >= 11 is 0. The summed E-state index contributed by atoms with van der Waals surface area (Å²) in [5.41, 5.74) is 5.79. The van der Waals surface area contributed by atoms with Crippen LogP contribution in [0.25, 0.3) is 0 Å². The molecule has 0 aromatic rings. The van der Waals surface area contributed by atoms with E-state index in [0.717, 1.165) is 31.9 Å². The van der Waals surface area contributed by atoms with Gasteiger partial charge in [0.2, 0.25) is 0 Å². The molecule has 0 aromatic heterocycles. The van der Waals surface area contributed by atoms with E-state index < -0.39 is 0 Å². The van der Waals surface area contributed by atoms with Crippen LogP contribution in [0, 0.1) is 5.92 Å². The molecule has 0 heterocycles. The lowest BCUT2D eigenvalue weighted by Gasteiger charge is -2.15. The number of guanidine groups is 1. The zero-order valence-corrected chi connectivity index (χ0v) is 11.8. The molecule has 0 aromatic carbocycles. The molecule has 0 aliphatic carbocycles. The van der Waals surface area contributed by atoms with E-state index in [4.69, 9.17) is 10.5 Å². The molecule has 3 N–H and O–H groups in total. The lowest BCUT2D eigenvalue weighted by molar-refractivity contribution is 0.197. The average molecular weight is 243 g/mol. The molecule has 0 aliphatic heterocycles. The molecule has 0 radical (unpaired) electrons. The van der Waals surface area contributed by atoms with Crippen LogP contribution in [0.1, 0.15) is 46.5 Å². The Balaban J connectivity index is 3.60. The second-order valence-corrected chi connectivity index (χ2v) is 4.98. The van der Waals surface area contributed by atoms with Crippen LogP contribution in [0.4, 0.5) is 0 Å². The molecule has 4 nitrogen and oxygen atoms in total. The molecule has 0 bridgehead atoms. The molecular weight excluding hydrogens is 214 g/mol. The third kappa shape index (κ3) is 11.5. The Morgan fingerprint density at radius 3 is 2.53 bits per heavy atom. The summed E-state index contributed by atoms with van der Waals surface area (Å²) in [7, 11) is 1.70. The molecule has 0 saturated carbocycles. The molecule has 0 aliphatic rings. The number of aliphatic imine (C=N–C) groups is 1. The van der Waals surface area contributed by atoms with Gasteiger partial charge in [0.15, 0.2) is 5.96 Å². The van der Waals surface area contributed by atoms with Crippen LogP contribution in [0.3, 0.4) is 0 Å². The van der Waals surface area contributed by atoms with E-state index in [1.54, 1.807) is 7.11 Å². The van der Waals surface area contributed by atoms with Crippen LogP contribution >= 0.6 is 0 Å². The van der Waals surface area contributed by atoms with Gasteiger partial charge in [-0.05, 0) is 25.7 Å². The minimum absolute atomic E-state index is 0.403.